The topological polar surface area (TPSA) is 43.8 Å². The minimum atomic E-state index is 0.637. The summed E-state index contributed by atoms with van der Waals surface area (Å²) in [5.74, 6) is 0. The Morgan fingerprint density at radius 1 is 1.21 bits per heavy atom. The van der Waals surface area contributed by atoms with Crippen molar-refractivity contribution in [1.29, 1.82) is 0 Å². The van der Waals surface area contributed by atoms with Crippen molar-refractivity contribution in [2.45, 2.75) is 33.1 Å². The molecule has 0 aliphatic carbocycles. The highest BCUT2D eigenvalue weighted by Gasteiger charge is 2.10. The summed E-state index contributed by atoms with van der Waals surface area (Å²) in [6.07, 6.45) is 2.72. The van der Waals surface area contributed by atoms with Gasteiger partial charge < -0.3 is 5.73 Å². The minimum Gasteiger partial charge on any atom is -0.330 e. The molecule has 3 nitrogen and oxygen atoms in total. The molecule has 0 aliphatic rings. The van der Waals surface area contributed by atoms with Crippen molar-refractivity contribution >= 4 is 11.6 Å². The van der Waals surface area contributed by atoms with Crippen molar-refractivity contribution in [1.82, 2.24) is 9.78 Å². The number of nitrogens with zero attached hydrogens (tertiary/aromatic N) is 2. The lowest BCUT2D eigenvalue weighted by atomic mass is 10.1. The molecule has 1 aromatic carbocycles. The second-order valence-corrected chi connectivity index (χ2v) is 4.98. The van der Waals surface area contributed by atoms with Crippen molar-refractivity contribution in [3.05, 3.63) is 46.2 Å². The second-order valence-electron chi connectivity index (χ2n) is 4.57. The van der Waals surface area contributed by atoms with Crippen LogP contribution in [-0.2, 0) is 19.3 Å². The summed E-state index contributed by atoms with van der Waals surface area (Å²) >= 11 is 6.38. The standard InChI is InChI=1S/C15H20ClN3/c1-3-12-10-13(4-2)19(18-12)15-6-5-11(7-8-17)9-14(15)16/h5-6,9-10H,3-4,7-8,17H2,1-2H3. The van der Waals surface area contributed by atoms with E-state index >= 15 is 0 Å². The van der Waals surface area contributed by atoms with Crippen LogP contribution in [0.15, 0.2) is 24.3 Å². The highest BCUT2D eigenvalue weighted by Crippen LogP contribution is 2.24. The Morgan fingerprint density at radius 2 is 2.00 bits per heavy atom. The van der Waals surface area contributed by atoms with Crippen LogP contribution in [0.5, 0.6) is 0 Å². The molecular weight excluding hydrogens is 258 g/mol. The van der Waals surface area contributed by atoms with Gasteiger partial charge in [0.1, 0.15) is 0 Å². The van der Waals surface area contributed by atoms with Gasteiger partial charge in [0.25, 0.3) is 0 Å². The number of aryl methyl sites for hydroxylation is 2. The molecule has 2 N–H and O–H groups in total. The fraction of sp³-hybridized carbons (Fsp3) is 0.400. The molecule has 0 aliphatic heterocycles. The highest BCUT2D eigenvalue weighted by atomic mass is 35.5. The smallest absolute Gasteiger partial charge is 0.0835 e. The van der Waals surface area contributed by atoms with Gasteiger partial charge >= 0.3 is 0 Å². The van der Waals surface area contributed by atoms with Crippen LogP contribution in [0, 0.1) is 0 Å². The van der Waals surface area contributed by atoms with Crippen LogP contribution >= 0.6 is 11.6 Å². The van der Waals surface area contributed by atoms with Crippen LogP contribution in [0.2, 0.25) is 5.02 Å². The third-order valence-electron chi connectivity index (χ3n) is 3.23. The van der Waals surface area contributed by atoms with Crippen LogP contribution in [0.25, 0.3) is 5.69 Å². The summed E-state index contributed by atoms with van der Waals surface area (Å²) < 4.78 is 1.95. The lowest BCUT2D eigenvalue weighted by Gasteiger charge is -2.09. The largest absolute Gasteiger partial charge is 0.330 e. The zero-order valence-electron chi connectivity index (χ0n) is 11.5. The van der Waals surface area contributed by atoms with Gasteiger partial charge in [-0.2, -0.15) is 5.10 Å². The summed E-state index contributed by atoms with van der Waals surface area (Å²) in [5, 5.41) is 5.34. The van der Waals surface area contributed by atoms with E-state index in [9.17, 15) is 0 Å². The molecule has 2 aromatic rings. The van der Waals surface area contributed by atoms with E-state index in [-0.39, 0.29) is 0 Å². The van der Waals surface area contributed by atoms with E-state index in [1.807, 2.05) is 16.8 Å². The summed E-state index contributed by atoms with van der Waals surface area (Å²) in [6, 6.07) is 8.22. The number of nitrogens with two attached hydrogens (primary N) is 1. The molecule has 4 heteroatoms. The average molecular weight is 278 g/mol. The van der Waals surface area contributed by atoms with Gasteiger partial charge in [-0.3, -0.25) is 0 Å². The van der Waals surface area contributed by atoms with Crippen molar-refractivity contribution in [2.24, 2.45) is 5.73 Å². The number of hydrogen-bond donors (Lipinski definition) is 1. The quantitative estimate of drug-likeness (QED) is 0.912. The van der Waals surface area contributed by atoms with Crippen molar-refractivity contribution in [3.63, 3.8) is 0 Å². The zero-order chi connectivity index (χ0) is 13.8. The highest BCUT2D eigenvalue weighted by molar-refractivity contribution is 6.32. The summed E-state index contributed by atoms with van der Waals surface area (Å²) in [6.45, 7) is 4.87. The third-order valence-corrected chi connectivity index (χ3v) is 3.53. The van der Waals surface area contributed by atoms with Crippen LogP contribution in [0.4, 0.5) is 0 Å². The molecule has 0 radical (unpaired) electrons. The zero-order valence-corrected chi connectivity index (χ0v) is 12.2. The van der Waals surface area contributed by atoms with Crippen molar-refractivity contribution in [3.8, 4) is 5.69 Å². The van der Waals surface area contributed by atoms with Crippen LogP contribution in [0.1, 0.15) is 30.8 Å². The first-order valence-corrected chi connectivity index (χ1v) is 7.14. The number of halogens is 1. The van der Waals surface area contributed by atoms with Gasteiger partial charge in [-0.05, 0) is 49.6 Å². The molecule has 2 rings (SSSR count). The maximum Gasteiger partial charge on any atom is 0.0835 e. The van der Waals surface area contributed by atoms with E-state index in [2.05, 4.69) is 31.1 Å². The molecule has 102 valence electrons. The molecule has 0 unspecified atom stereocenters. The van der Waals surface area contributed by atoms with E-state index in [0.29, 0.717) is 6.54 Å². The summed E-state index contributed by atoms with van der Waals surface area (Å²) in [4.78, 5) is 0. The molecule has 0 spiro atoms. The average Bonchev–Trinajstić information content (AvgIpc) is 2.82. The van der Waals surface area contributed by atoms with E-state index in [0.717, 1.165) is 41.2 Å². The molecule has 0 fully saturated rings. The van der Waals surface area contributed by atoms with Crippen molar-refractivity contribution in [2.75, 3.05) is 6.54 Å². The summed E-state index contributed by atoms with van der Waals surface area (Å²) in [7, 11) is 0. The van der Waals surface area contributed by atoms with Gasteiger partial charge in [-0.15, -0.1) is 0 Å². The molecule has 0 amide bonds. The number of hydrogen-bond acceptors (Lipinski definition) is 2. The lowest BCUT2D eigenvalue weighted by molar-refractivity contribution is 0.793. The van der Waals surface area contributed by atoms with Crippen molar-refractivity contribution < 1.29 is 0 Å². The van der Waals surface area contributed by atoms with Gasteiger partial charge in [0, 0.05) is 5.69 Å². The van der Waals surface area contributed by atoms with Crippen LogP contribution in [-0.4, -0.2) is 16.3 Å². The Labute approximate surface area is 119 Å². The predicted molar refractivity (Wildman–Crippen MR) is 80.1 cm³/mol. The fourth-order valence-electron chi connectivity index (χ4n) is 2.15. The Morgan fingerprint density at radius 3 is 2.58 bits per heavy atom. The maximum atomic E-state index is 6.38. The maximum absolute atomic E-state index is 6.38. The Bertz CT molecular complexity index is 561. The Balaban J connectivity index is 2.43. The van der Waals surface area contributed by atoms with E-state index in [4.69, 9.17) is 17.3 Å². The number of rotatable bonds is 5. The van der Waals surface area contributed by atoms with Gasteiger partial charge in [-0.1, -0.05) is 31.5 Å². The first kappa shape index (κ1) is 14.1. The molecule has 0 saturated carbocycles. The Kier molecular flexibility index (Phi) is 4.61. The van der Waals surface area contributed by atoms with E-state index in [1.165, 1.54) is 5.69 Å². The molecule has 1 heterocycles. The first-order chi connectivity index (χ1) is 9.19. The first-order valence-electron chi connectivity index (χ1n) is 6.76. The van der Waals surface area contributed by atoms with E-state index in [1.54, 1.807) is 0 Å². The molecule has 0 saturated heterocycles. The van der Waals surface area contributed by atoms with Gasteiger partial charge in [0.05, 0.1) is 16.4 Å². The van der Waals surface area contributed by atoms with Gasteiger partial charge in [0.15, 0.2) is 0 Å². The Hall–Kier alpha value is -1.32. The molecule has 0 bridgehead atoms. The molecular formula is C15H20ClN3. The van der Waals surface area contributed by atoms with E-state index < -0.39 is 0 Å². The number of aromatic nitrogens is 2. The number of benzene rings is 1. The monoisotopic (exact) mass is 277 g/mol. The normalized spacial score (nSPS) is 10.9. The van der Waals surface area contributed by atoms with Gasteiger partial charge in [-0.25, -0.2) is 4.68 Å². The minimum absolute atomic E-state index is 0.637. The predicted octanol–water partition coefficient (Wildman–Crippen LogP) is 3.15. The molecule has 19 heavy (non-hydrogen) atoms. The van der Waals surface area contributed by atoms with Gasteiger partial charge in [0.2, 0.25) is 0 Å². The summed E-state index contributed by atoms with van der Waals surface area (Å²) in [5.41, 5.74) is 9.96. The third kappa shape index (κ3) is 2.99. The van der Waals surface area contributed by atoms with Crippen LogP contribution in [0.3, 0.4) is 0 Å². The molecule has 0 atom stereocenters. The SMILES string of the molecule is CCc1cc(CC)n(-c2ccc(CCN)cc2Cl)n1. The fourth-order valence-corrected chi connectivity index (χ4v) is 2.44. The lowest BCUT2D eigenvalue weighted by Crippen LogP contribution is -2.05. The van der Waals surface area contributed by atoms with Crippen LogP contribution < -0.4 is 5.73 Å². The second kappa shape index (κ2) is 6.22. The molecule has 1 aromatic heterocycles.